The maximum absolute atomic E-state index is 13.2. The molecule has 0 aromatic carbocycles. The van der Waals surface area contributed by atoms with Crippen molar-refractivity contribution < 1.29 is 9.59 Å². The normalized spacial score (nSPS) is 40.0. The molecule has 3 rings (SSSR count). The molecule has 0 aromatic rings. The second-order valence-corrected chi connectivity index (χ2v) is 7.85. The van der Waals surface area contributed by atoms with Gasteiger partial charge in [0.25, 0.3) is 0 Å². The van der Waals surface area contributed by atoms with E-state index in [-0.39, 0.29) is 16.7 Å². The lowest BCUT2D eigenvalue weighted by Crippen LogP contribution is -2.49. The number of ketones is 1. The fourth-order valence-corrected chi connectivity index (χ4v) is 4.91. The van der Waals surface area contributed by atoms with E-state index in [1.807, 2.05) is 0 Å². The SMILES string of the molecule is CC1(C)[C@]2(C(=O)N3CCCCCC3)CC[C@@]1(C)C(=O)C2. The van der Waals surface area contributed by atoms with Crippen molar-refractivity contribution in [3.05, 3.63) is 0 Å². The van der Waals surface area contributed by atoms with Crippen molar-refractivity contribution in [1.82, 2.24) is 4.90 Å². The van der Waals surface area contributed by atoms with Crippen LogP contribution in [0.2, 0.25) is 0 Å². The lowest BCUT2D eigenvalue weighted by atomic mass is 9.64. The Labute approximate surface area is 122 Å². The van der Waals surface area contributed by atoms with E-state index in [0.29, 0.717) is 12.2 Å². The maximum Gasteiger partial charge on any atom is 0.229 e. The van der Waals surface area contributed by atoms with Gasteiger partial charge in [-0.25, -0.2) is 0 Å². The average Bonchev–Trinajstić information content (AvgIpc) is 2.68. The number of likely N-dealkylation sites (tertiary alicyclic amines) is 1. The minimum absolute atomic E-state index is 0.194. The Hall–Kier alpha value is -0.860. The lowest BCUT2D eigenvalue weighted by Gasteiger charge is -2.41. The third kappa shape index (κ3) is 1.52. The van der Waals surface area contributed by atoms with Crippen LogP contribution in [0.4, 0.5) is 0 Å². The number of carbonyl (C=O) groups is 2. The Morgan fingerprint density at radius 3 is 2.05 bits per heavy atom. The topological polar surface area (TPSA) is 37.4 Å². The first-order valence-electron chi connectivity index (χ1n) is 8.18. The summed E-state index contributed by atoms with van der Waals surface area (Å²) in [4.78, 5) is 27.7. The molecule has 3 nitrogen and oxygen atoms in total. The van der Waals surface area contributed by atoms with Gasteiger partial charge in [-0.3, -0.25) is 9.59 Å². The molecular weight excluding hydrogens is 250 g/mol. The van der Waals surface area contributed by atoms with Gasteiger partial charge in [0, 0.05) is 24.9 Å². The van der Waals surface area contributed by atoms with Crippen LogP contribution in [0.5, 0.6) is 0 Å². The number of fused-ring (bicyclic) bond motifs is 2. The number of amides is 1. The van der Waals surface area contributed by atoms with Gasteiger partial charge in [-0.2, -0.15) is 0 Å². The molecule has 0 aromatic heterocycles. The molecule has 0 spiro atoms. The van der Waals surface area contributed by atoms with Crippen LogP contribution in [-0.2, 0) is 9.59 Å². The van der Waals surface area contributed by atoms with Gasteiger partial charge < -0.3 is 4.90 Å². The molecule has 0 unspecified atom stereocenters. The van der Waals surface area contributed by atoms with Gasteiger partial charge in [0.2, 0.25) is 5.91 Å². The third-order valence-corrected chi connectivity index (χ3v) is 7.01. The molecule has 1 aliphatic heterocycles. The van der Waals surface area contributed by atoms with Crippen molar-refractivity contribution in [2.75, 3.05) is 13.1 Å². The summed E-state index contributed by atoms with van der Waals surface area (Å²) >= 11 is 0. The van der Waals surface area contributed by atoms with Gasteiger partial charge in [-0.05, 0) is 31.1 Å². The maximum atomic E-state index is 13.2. The number of Topliss-reactive ketones (excluding diaryl/α,β-unsaturated/α-hetero) is 1. The number of nitrogens with zero attached hydrogens (tertiary/aromatic N) is 1. The Morgan fingerprint density at radius 2 is 1.60 bits per heavy atom. The summed E-state index contributed by atoms with van der Waals surface area (Å²) in [6.45, 7) is 8.17. The minimum atomic E-state index is -0.414. The summed E-state index contributed by atoms with van der Waals surface area (Å²) in [5.74, 6) is 0.593. The molecule has 3 heteroatoms. The molecule has 1 saturated heterocycles. The number of hydrogen-bond donors (Lipinski definition) is 0. The average molecular weight is 277 g/mol. The van der Waals surface area contributed by atoms with Crippen molar-refractivity contribution in [2.24, 2.45) is 16.2 Å². The largest absolute Gasteiger partial charge is 0.342 e. The van der Waals surface area contributed by atoms with Crippen LogP contribution in [0.15, 0.2) is 0 Å². The van der Waals surface area contributed by atoms with Crippen molar-refractivity contribution >= 4 is 11.7 Å². The summed E-state index contributed by atoms with van der Waals surface area (Å²) in [6.07, 6.45) is 6.97. The lowest BCUT2D eigenvalue weighted by molar-refractivity contribution is -0.147. The van der Waals surface area contributed by atoms with Crippen LogP contribution in [0.25, 0.3) is 0 Å². The highest BCUT2D eigenvalue weighted by Crippen LogP contribution is 2.71. The molecule has 112 valence electrons. The van der Waals surface area contributed by atoms with E-state index in [2.05, 4.69) is 25.7 Å². The summed E-state index contributed by atoms with van der Waals surface area (Å²) < 4.78 is 0. The van der Waals surface area contributed by atoms with Gasteiger partial charge in [-0.15, -0.1) is 0 Å². The van der Waals surface area contributed by atoms with Crippen LogP contribution >= 0.6 is 0 Å². The van der Waals surface area contributed by atoms with Crippen LogP contribution in [0, 0.1) is 16.2 Å². The number of carbonyl (C=O) groups excluding carboxylic acids is 2. The second-order valence-electron chi connectivity index (χ2n) is 7.85. The van der Waals surface area contributed by atoms with Crippen LogP contribution in [-0.4, -0.2) is 29.7 Å². The van der Waals surface area contributed by atoms with E-state index in [9.17, 15) is 9.59 Å². The fraction of sp³-hybridized carbons (Fsp3) is 0.882. The van der Waals surface area contributed by atoms with Gasteiger partial charge in [0.1, 0.15) is 5.78 Å². The van der Waals surface area contributed by atoms with Gasteiger partial charge in [-0.1, -0.05) is 33.6 Å². The van der Waals surface area contributed by atoms with Crippen molar-refractivity contribution in [3.63, 3.8) is 0 Å². The zero-order valence-corrected chi connectivity index (χ0v) is 13.1. The molecule has 2 bridgehead atoms. The predicted molar refractivity (Wildman–Crippen MR) is 78.2 cm³/mol. The van der Waals surface area contributed by atoms with E-state index < -0.39 is 5.41 Å². The van der Waals surface area contributed by atoms with Gasteiger partial charge in [0.15, 0.2) is 0 Å². The molecule has 0 radical (unpaired) electrons. The fourth-order valence-electron chi connectivity index (χ4n) is 4.91. The molecule has 2 aliphatic carbocycles. The predicted octanol–water partition coefficient (Wildman–Crippen LogP) is 3.17. The summed E-state index contributed by atoms with van der Waals surface area (Å²) in [6, 6.07) is 0. The molecule has 2 saturated carbocycles. The summed E-state index contributed by atoms with van der Waals surface area (Å²) in [7, 11) is 0. The number of hydrogen-bond acceptors (Lipinski definition) is 2. The van der Waals surface area contributed by atoms with Crippen molar-refractivity contribution in [3.8, 4) is 0 Å². The first kappa shape index (κ1) is 14.1. The first-order chi connectivity index (χ1) is 9.35. The number of rotatable bonds is 1. The van der Waals surface area contributed by atoms with E-state index in [1.165, 1.54) is 12.8 Å². The van der Waals surface area contributed by atoms with Crippen molar-refractivity contribution in [1.29, 1.82) is 0 Å². The quantitative estimate of drug-likeness (QED) is 0.738. The summed E-state index contributed by atoms with van der Waals surface area (Å²) in [5.41, 5.74) is -0.891. The zero-order valence-electron chi connectivity index (χ0n) is 13.1. The standard InChI is InChI=1S/C17H27NO2/c1-15(2)16(3)8-9-17(15,12-13(16)19)14(20)18-10-6-4-5-7-11-18/h4-12H2,1-3H3/t16-,17+/m0/s1. The molecule has 0 N–H and O–H groups in total. The van der Waals surface area contributed by atoms with E-state index in [0.717, 1.165) is 38.8 Å². The molecule has 3 fully saturated rings. The highest BCUT2D eigenvalue weighted by molar-refractivity contribution is 5.99. The third-order valence-electron chi connectivity index (χ3n) is 7.01. The van der Waals surface area contributed by atoms with Crippen molar-refractivity contribution in [2.45, 2.75) is 65.7 Å². The summed E-state index contributed by atoms with van der Waals surface area (Å²) in [5, 5.41) is 0. The Bertz CT molecular complexity index is 448. The molecule has 3 aliphatic rings. The monoisotopic (exact) mass is 277 g/mol. The first-order valence-corrected chi connectivity index (χ1v) is 8.18. The molecule has 1 heterocycles. The Morgan fingerprint density at radius 1 is 1.00 bits per heavy atom. The van der Waals surface area contributed by atoms with E-state index in [1.54, 1.807) is 0 Å². The molecule has 20 heavy (non-hydrogen) atoms. The van der Waals surface area contributed by atoms with Crippen LogP contribution < -0.4 is 0 Å². The van der Waals surface area contributed by atoms with Crippen LogP contribution in [0.1, 0.15) is 65.7 Å². The van der Waals surface area contributed by atoms with E-state index >= 15 is 0 Å². The minimum Gasteiger partial charge on any atom is -0.342 e. The van der Waals surface area contributed by atoms with Crippen LogP contribution in [0.3, 0.4) is 0 Å². The molecule has 2 atom stereocenters. The highest BCUT2D eigenvalue weighted by atomic mass is 16.2. The van der Waals surface area contributed by atoms with Gasteiger partial charge in [0.05, 0.1) is 5.41 Å². The molecular formula is C17H27NO2. The second kappa shape index (κ2) is 4.32. The van der Waals surface area contributed by atoms with E-state index in [4.69, 9.17) is 0 Å². The zero-order chi connectivity index (χ0) is 14.6. The molecule has 1 amide bonds. The van der Waals surface area contributed by atoms with Gasteiger partial charge >= 0.3 is 0 Å². The Balaban J connectivity index is 1.92. The Kier molecular flexibility index (Phi) is 3.04. The highest BCUT2D eigenvalue weighted by Gasteiger charge is 2.72. The smallest absolute Gasteiger partial charge is 0.229 e.